The van der Waals surface area contributed by atoms with E-state index in [1.54, 1.807) is 7.11 Å². The molecule has 0 spiro atoms. The molecular weight excluding hydrogens is 326 g/mol. The number of hydrogen-bond acceptors (Lipinski definition) is 4. The van der Waals surface area contributed by atoms with E-state index < -0.39 is 0 Å². The maximum Gasteiger partial charge on any atom is 0.231 e. The highest BCUT2D eigenvalue weighted by molar-refractivity contribution is 6.30. The van der Waals surface area contributed by atoms with Crippen LogP contribution in [0.15, 0.2) is 24.3 Å². The predicted molar refractivity (Wildman–Crippen MR) is 96.7 cm³/mol. The van der Waals surface area contributed by atoms with Crippen LogP contribution in [0.3, 0.4) is 0 Å². The summed E-state index contributed by atoms with van der Waals surface area (Å²) in [6.07, 6.45) is 0.936. The van der Waals surface area contributed by atoms with E-state index in [4.69, 9.17) is 16.3 Å². The Hall–Kier alpha value is -1.14. The molecule has 5 nitrogen and oxygen atoms in total. The second kappa shape index (κ2) is 8.30. The largest absolute Gasteiger partial charge is 0.383 e. The van der Waals surface area contributed by atoms with Gasteiger partial charge in [-0.25, -0.2) is 0 Å². The van der Waals surface area contributed by atoms with Crippen LogP contribution in [0.4, 0.5) is 5.69 Å². The van der Waals surface area contributed by atoms with Gasteiger partial charge >= 0.3 is 0 Å². The molecule has 6 heteroatoms. The molecule has 2 aliphatic rings. The second-order valence-corrected chi connectivity index (χ2v) is 7.02. The van der Waals surface area contributed by atoms with Crippen molar-refractivity contribution in [1.82, 2.24) is 9.80 Å². The minimum Gasteiger partial charge on any atom is -0.383 e. The first-order valence-electron chi connectivity index (χ1n) is 8.68. The van der Waals surface area contributed by atoms with Crippen LogP contribution in [0, 0.1) is 5.92 Å². The van der Waals surface area contributed by atoms with Crippen LogP contribution < -0.4 is 4.90 Å². The summed E-state index contributed by atoms with van der Waals surface area (Å²) in [7, 11) is 1.74. The highest BCUT2D eigenvalue weighted by Gasteiger charge is 2.34. The zero-order valence-electron chi connectivity index (χ0n) is 14.3. The summed E-state index contributed by atoms with van der Waals surface area (Å²) < 4.78 is 5.14. The van der Waals surface area contributed by atoms with Gasteiger partial charge in [0, 0.05) is 63.6 Å². The van der Waals surface area contributed by atoms with Crippen LogP contribution in [0.5, 0.6) is 0 Å². The van der Waals surface area contributed by atoms with Crippen molar-refractivity contribution in [3.05, 3.63) is 29.3 Å². The third kappa shape index (κ3) is 4.28. The van der Waals surface area contributed by atoms with E-state index in [0.717, 1.165) is 64.5 Å². The zero-order valence-corrected chi connectivity index (χ0v) is 15.0. The van der Waals surface area contributed by atoms with Gasteiger partial charge in [-0.15, -0.1) is 0 Å². The van der Waals surface area contributed by atoms with Crippen molar-refractivity contribution in [2.24, 2.45) is 5.92 Å². The number of methoxy groups -OCH3 is 1. The lowest BCUT2D eigenvalue weighted by molar-refractivity contribution is -0.121. The van der Waals surface area contributed by atoms with Crippen molar-refractivity contribution in [2.75, 3.05) is 64.4 Å². The number of ether oxygens (including phenoxy) is 1. The molecule has 0 saturated carbocycles. The Morgan fingerprint density at radius 3 is 2.42 bits per heavy atom. The molecule has 0 aliphatic carbocycles. The molecule has 2 saturated heterocycles. The summed E-state index contributed by atoms with van der Waals surface area (Å²) in [6.45, 7) is 7.66. The number of rotatable bonds is 6. The van der Waals surface area contributed by atoms with Crippen molar-refractivity contribution in [1.29, 1.82) is 0 Å². The molecule has 0 N–H and O–H groups in total. The Kier molecular flexibility index (Phi) is 6.11. The van der Waals surface area contributed by atoms with Crippen molar-refractivity contribution >= 4 is 23.2 Å². The lowest BCUT2D eigenvalue weighted by Gasteiger charge is -2.35. The molecule has 1 atom stereocenters. The van der Waals surface area contributed by atoms with Gasteiger partial charge in [0.15, 0.2) is 0 Å². The fourth-order valence-corrected chi connectivity index (χ4v) is 3.64. The fraction of sp³-hybridized carbons (Fsp3) is 0.611. The summed E-state index contributed by atoms with van der Waals surface area (Å²) in [5.74, 6) is 0.366. The van der Waals surface area contributed by atoms with Crippen LogP contribution in [-0.4, -0.2) is 75.2 Å². The third-order valence-electron chi connectivity index (χ3n) is 5.01. The molecule has 0 radical (unpaired) electrons. The predicted octanol–water partition coefficient (Wildman–Crippen LogP) is 1.96. The second-order valence-electron chi connectivity index (χ2n) is 6.59. The van der Waals surface area contributed by atoms with Crippen molar-refractivity contribution in [2.45, 2.75) is 6.42 Å². The maximum absolute atomic E-state index is 12.7. The van der Waals surface area contributed by atoms with Crippen LogP contribution >= 0.6 is 11.6 Å². The highest BCUT2D eigenvalue weighted by Crippen LogP contribution is 2.27. The molecule has 24 heavy (non-hydrogen) atoms. The van der Waals surface area contributed by atoms with Gasteiger partial charge in [0.05, 0.1) is 12.5 Å². The lowest BCUT2D eigenvalue weighted by atomic mass is 10.1. The number of hydrogen-bond donors (Lipinski definition) is 0. The monoisotopic (exact) mass is 351 g/mol. The SMILES string of the molecule is COCCN1CCN(C[C@@H]2CCN(c3ccc(Cl)cc3)C2=O)CC1. The topological polar surface area (TPSA) is 36.0 Å². The Bertz CT molecular complexity index is 544. The van der Waals surface area contributed by atoms with Gasteiger partial charge < -0.3 is 14.5 Å². The van der Waals surface area contributed by atoms with Crippen molar-refractivity contribution in [3.63, 3.8) is 0 Å². The average molecular weight is 352 g/mol. The summed E-state index contributed by atoms with van der Waals surface area (Å²) in [6, 6.07) is 7.54. The van der Waals surface area contributed by atoms with Crippen LogP contribution in [-0.2, 0) is 9.53 Å². The molecule has 0 unspecified atom stereocenters. The number of anilines is 1. The number of nitrogens with zero attached hydrogens (tertiary/aromatic N) is 3. The summed E-state index contributed by atoms with van der Waals surface area (Å²) in [4.78, 5) is 19.5. The minimum atomic E-state index is 0.117. The first-order valence-corrected chi connectivity index (χ1v) is 9.06. The summed E-state index contributed by atoms with van der Waals surface area (Å²) in [5.41, 5.74) is 0.955. The first kappa shape index (κ1) is 17.7. The molecule has 1 aromatic carbocycles. The Morgan fingerprint density at radius 2 is 1.75 bits per heavy atom. The third-order valence-corrected chi connectivity index (χ3v) is 5.26. The minimum absolute atomic E-state index is 0.117. The van der Waals surface area contributed by atoms with Gasteiger partial charge in [-0.05, 0) is 30.7 Å². The van der Waals surface area contributed by atoms with E-state index >= 15 is 0 Å². The van der Waals surface area contributed by atoms with Crippen LogP contribution in [0.25, 0.3) is 0 Å². The first-order chi connectivity index (χ1) is 11.7. The molecule has 2 heterocycles. The summed E-state index contributed by atoms with van der Waals surface area (Å²) in [5, 5.41) is 0.702. The standard InChI is InChI=1S/C18H26ClN3O2/c1-24-13-12-20-8-10-21(11-9-20)14-15-6-7-22(18(15)23)17-4-2-16(19)3-5-17/h2-5,15H,6-14H2,1H3/t15-/m0/s1. The molecule has 132 valence electrons. The lowest BCUT2D eigenvalue weighted by Crippen LogP contribution is -2.49. The molecule has 2 aliphatic heterocycles. The molecule has 2 fully saturated rings. The number of carbonyl (C=O) groups excluding carboxylic acids is 1. The number of benzene rings is 1. The normalized spacial score (nSPS) is 23.2. The number of carbonyl (C=O) groups is 1. The number of halogens is 1. The molecule has 0 aromatic heterocycles. The van der Waals surface area contributed by atoms with Gasteiger partial charge in [-0.1, -0.05) is 11.6 Å². The summed E-state index contributed by atoms with van der Waals surface area (Å²) >= 11 is 5.93. The smallest absolute Gasteiger partial charge is 0.231 e. The highest BCUT2D eigenvalue weighted by atomic mass is 35.5. The zero-order chi connectivity index (χ0) is 16.9. The van der Waals surface area contributed by atoms with Gasteiger partial charge in [-0.2, -0.15) is 0 Å². The average Bonchev–Trinajstić information content (AvgIpc) is 2.96. The number of amides is 1. The van der Waals surface area contributed by atoms with E-state index in [1.807, 2.05) is 29.2 Å². The van der Waals surface area contributed by atoms with Crippen LogP contribution in [0.1, 0.15) is 6.42 Å². The Labute approximate surface area is 149 Å². The Morgan fingerprint density at radius 1 is 1.08 bits per heavy atom. The van der Waals surface area contributed by atoms with E-state index in [-0.39, 0.29) is 11.8 Å². The van der Waals surface area contributed by atoms with E-state index in [9.17, 15) is 4.79 Å². The quantitative estimate of drug-likeness (QED) is 0.785. The molecule has 0 bridgehead atoms. The molecule has 3 rings (SSSR count). The van der Waals surface area contributed by atoms with Crippen molar-refractivity contribution < 1.29 is 9.53 Å². The molecule has 1 aromatic rings. The van der Waals surface area contributed by atoms with Crippen molar-refractivity contribution in [3.8, 4) is 0 Å². The Balaban J connectivity index is 1.49. The van der Waals surface area contributed by atoms with E-state index in [0.29, 0.717) is 5.02 Å². The maximum atomic E-state index is 12.7. The van der Waals surface area contributed by atoms with Gasteiger partial charge in [0.1, 0.15) is 0 Å². The molecule has 1 amide bonds. The van der Waals surface area contributed by atoms with E-state index in [2.05, 4.69) is 9.80 Å². The molecular formula is C18H26ClN3O2. The van der Waals surface area contributed by atoms with Gasteiger partial charge in [0.2, 0.25) is 5.91 Å². The van der Waals surface area contributed by atoms with Gasteiger partial charge in [-0.3, -0.25) is 9.69 Å². The number of piperazine rings is 1. The fourth-order valence-electron chi connectivity index (χ4n) is 3.51. The van der Waals surface area contributed by atoms with Crippen LogP contribution in [0.2, 0.25) is 5.02 Å². The van der Waals surface area contributed by atoms with E-state index in [1.165, 1.54) is 0 Å². The van der Waals surface area contributed by atoms with Gasteiger partial charge in [0.25, 0.3) is 0 Å².